The van der Waals surface area contributed by atoms with Gasteiger partial charge in [-0.2, -0.15) is 0 Å². The molecule has 0 spiro atoms. The minimum absolute atomic E-state index is 0.0281. The number of aromatic carboxylic acids is 1. The lowest BCUT2D eigenvalue weighted by Gasteiger charge is -2.39. The lowest BCUT2D eigenvalue weighted by molar-refractivity contribution is -0.277. The molecule has 180 valence electrons. The third-order valence-corrected chi connectivity index (χ3v) is 6.06. The number of benzene rings is 3. The predicted octanol–water partition coefficient (Wildman–Crippen LogP) is 0.607. The summed E-state index contributed by atoms with van der Waals surface area (Å²) in [5.41, 5.74) is 0.0281. The summed E-state index contributed by atoms with van der Waals surface area (Å²) in [6.07, 6.45) is -7.28. The molecule has 3 aromatic rings. The van der Waals surface area contributed by atoms with E-state index in [0.29, 0.717) is 33.0 Å². The molecule has 5 atom stereocenters. The average molecular weight is 474 g/mol. The molecule has 1 fully saturated rings. The van der Waals surface area contributed by atoms with Gasteiger partial charge in [-0.1, -0.05) is 6.07 Å². The smallest absolute Gasteiger partial charge is 0.336 e. The second kappa shape index (κ2) is 8.46. The molecule has 0 bridgehead atoms. The van der Waals surface area contributed by atoms with Crippen molar-refractivity contribution in [1.29, 1.82) is 0 Å². The molecule has 2 aliphatic rings. The van der Waals surface area contributed by atoms with Crippen LogP contribution in [0.25, 0.3) is 21.5 Å². The van der Waals surface area contributed by atoms with Crippen molar-refractivity contribution in [3.05, 3.63) is 35.9 Å². The van der Waals surface area contributed by atoms with Crippen molar-refractivity contribution in [2.24, 2.45) is 0 Å². The average Bonchev–Trinajstić information content (AvgIpc) is 3.31. The number of ether oxygens (including phenoxy) is 5. The SMILES string of the molecule is COc1cc(O[C@@H]2O[C@H](CO)[C@@H](O)[C@H](O)[C@H]2O)cc2c1ccc1c(C(=O)O)cc3c(c12)OCO3. The van der Waals surface area contributed by atoms with Crippen LogP contribution < -0.4 is 18.9 Å². The lowest BCUT2D eigenvalue weighted by Crippen LogP contribution is -2.60. The van der Waals surface area contributed by atoms with Crippen molar-refractivity contribution >= 4 is 27.5 Å². The van der Waals surface area contributed by atoms with E-state index in [9.17, 15) is 30.3 Å². The van der Waals surface area contributed by atoms with E-state index >= 15 is 0 Å². The molecule has 5 rings (SSSR count). The Hall–Kier alpha value is -3.35. The fourth-order valence-electron chi connectivity index (χ4n) is 4.36. The van der Waals surface area contributed by atoms with Crippen molar-refractivity contribution in [1.82, 2.24) is 0 Å². The van der Waals surface area contributed by atoms with Crippen LogP contribution >= 0.6 is 0 Å². The zero-order valence-corrected chi connectivity index (χ0v) is 17.9. The van der Waals surface area contributed by atoms with Gasteiger partial charge in [0.2, 0.25) is 13.1 Å². The molecule has 3 aromatic carbocycles. The molecular formula is C23H22O11. The highest BCUT2D eigenvalue weighted by molar-refractivity contribution is 6.18. The second-order valence-electron chi connectivity index (χ2n) is 7.99. The van der Waals surface area contributed by atoms with Gasteiger partial charge in [0.1, 0.15) is 35.9 Å². The van der Waals surface area contributed by atoms with Crippen LogP contribution in [0, 0.1) is 0 Å². The summed E-state index contributed by atoms with van der Waals surface area (Å²) in [7, 11) is 1.45. The Balaban J connectivity index is 1.67. The molecule has 2 aliphatic heterocycles. The topological polar surface area (TPSA) is 164 Å². The van der Waals surface area contributed by atoms with Crippen LogP contribution in [0.15, 0.2) is 30.3 Å². The van der Waals surface area contributed by atoms with Crippen molar-refractivity contribution < 1.29 is 54.0 Å². The highest BCUT2D eigenvalue weighted by Gasteiger charge is 2.44. The van der Waals surface area contributed by atoms with Gasteiger partial charge in [0.15, 0.2) is 11.5 Å². The van der Waals surface area contributed by atoms with Gasteiger partial charge in [-0.3, -0.25) is 0 Å². The molecule has 0 amide bonds. The Bertz CT molecular complexity index is 1270. The molecule has 2 heterocycles. The van der Waals surface area contributed by atoms with Crippen LogP contribution in [0.3, 0.4) is 0 Å². The quantitative estimate of drug-likeness (QED) is 0.329. The molecule has 11 heteroatoms. The van der Waals surface area contributed by atoms with Crippen LogP contribution in [-0.2, 0) is 4.74 Å². The number of hydrogen-bond donors (Lipinski definition) is 5. The molecule has 0 saturated carbocycles. The maximum absolute atomic E-state index is 11.9. The lowest BCUT2D eigenvalue weighted by atomic mass is 9.96. The van der Waals surface area contributed by atoms with E-state index in [0.717, 1.165) is 0 Å². The Labute approximate surface area is 192 Å². The number of fused-ring (bicyclic) bond motifs is 5. The summed E-state index contributed by atoms with van der Waals surface area (Å²) in [5.74, 6) is 0.0690. The van der Waals surface area contributed by atoms with E-state index in [2.05, 4.69) is 0 Å². The van der Waals surface area contributed by atoms with E-state index < -0.39 is 43.3 Å². The second-order valence-corrected chi connectivity index (χ2v) is 7.99. The van der Waals surface area contributed by atoms with Gasteiger partial charge in [-0.05, 0) is 18.2 Å². The Morgan fingerprint density at radius 1 is 1.03 bits per heavy atom. The first-order valence-electron chi connectivity index (χ1n) is 10.4. The van der Waals surface area contributed by atoms with Gasteiger partial charge in [0.25, 0.3) is 0 Å². The van der Waals surface area contributed by atoms with Crippen molar-refractivity contribution in [2.75, 3.05) is 20.5 Å². The summed E-state index contributed by atoms with van der Waals surface area (Å²) in [6.45, 7) is -0.667. The molecular weight excluding hydrogens is 452 g/mol. The summed E-state index contributed by atoms with van der Waals surface area (Å²) in [5, 5.41) is 51.6. The Morgan fingerprint density at radius 3 is 2.50 bits per heavy atom. The van der Waals surface area contributed by atoms with Gasteiger partial charge >= 0.3 is 5.97 Å². The van der Waals surface area contributed by atoms with Gasteiger partial charge in [0, 0.05) is 27.6 Å². The van der Waals surface area contributed by atoms with Crippen LogP contribution in [-0.4, -0.2) is 82.7 Å². The Kier molecular flexibility index (Phi) is 5.58. The molecule has 5 N–H and O–H groups in total. The first-order chi connectivity index (χ1) is 16.3. The number of methoxy groups -OCH3 is 1. The largest absolute Gasteiger partial charge is 0.496 e. The van der Waals surface area contributed by atoms with E-state index in [-0.39, 0.29) is 23.9 Å². The Morgan fingerprint density at radius 2 is 1.79 bits per heavy atom. The highest BCUT2D eigenvalue weighted by Crippen LogP contribution is 2.47. The number of rotatable bonds is 5. The molecule has 0 aromatic heterocycles. The fraction of sp³-hybridized carbons (Fsp3) is 0.348. The number of hydrogen-bond acceptors (Lipinski definition) is 10. The van der Waals surface area contributed by atoms with Crippen LogP contribution in [0.4, 0.5) is 0 Å². The minimum atomic E-state index is -1.61. The molecule has 0 aliphatic carbocycles. The maximum Gasteiger partial charge on any atom is 0.336 e. The van der Waals surface area contributed by atoms with E-state index in [1.807, 2.05) is 0 Å². The van der Waals surface area contributed by atoms with Crippen molar-refractivity contribution in [2.45, 2.75) is 30.7 Å². The van der Waals surface area contributed by atoms with Crippen LogP contribution in [0.2, 0.25) is 0 Å². The van der Waals surface area contributed by atoms with Gasteiger partial charge in [-0.15, -0.1) is 0 Å². The summed E-state index contributed by atoms with van der Waals surface area (Å²) < 4.78 is 27.8. The first kappa shape index (κ1) is 22.4. The van der Waals surface area contributed by atoms with Crippen molar-refractivity contribution in [3.8, 4) is 23.0 Å². The molecule has 0 radical (unpaired) electrons. The van der Waals surface area contributed by atoms with Crippen LogP contribution in [0.1, 0.15) is 10.4 Å². The van der Waals surface area contributed by atoms with E-state index in [1.54, 1.807) is 18.2 Å². The number of carbonyl (C=O) groups is 1. The molecule has 34 heavy (non-hydrogen) atoms. The third kappa shape index (κ3) is 3.45. The monoisotopic (exact) mass is 474 g/mol. The van der Waals surface area contributed by atoms with Gasteiger partial charge < -0.3 is 49.2 Å². The summed E-state index contributed by atoms with van der Waals surface area (Å²) in [4.78, 5) is 11.9. The number of carboxylic acids is 1. The van der Waals surface area contributed by atoms with Crippen molar-refractivity contribution in [3.63, 3.8) is 0 Å². The molecule has 11 nitrogen and oxygen atoms in total. The summed E-state index contributed by atoms with van der Waals surface area (Å²) in [6, 6.07) is 7.90. The van der Waals surface area contributed by atoms with E-state index in [4.69, 9.17) is 23.7 Å². The molecule has 0 unspecified atom stereocenters. The number of aliphatic hydroxyl groups excluding tert-OH is 4. The standard InChI is InChI=1S/C23H22O11/c1-30-14-5-9(33-23-20(27)19(26)18(25)16(7-24)34-23)4-12-10(14)2-3-11-13(22(28)29)6-15-21(17(11)12)32-8-31-15/h2-6,16,18-20,23-27H,7-8H2,1H3,(H,28,29)/t16-,18-,19+,20-,23-/m1/s1. The van der Waals surface area contributed by atoms with Crippen LogP contribution in [0.5, 0.6) is 23.0 Å². The minimum Gasteiger partial charge on any atom is -0.496 e. The fourth-order valence-corrected chi connectivity index (χ4v) is 4.36. The first-order valence-corrected chi connectivity index (χ1v) is 10.4. The number of carboxylic acid groups (broad SMARTS) is 1. The molecule has 1 saturated heterocycles. The zero-order valence-electron chi connectivity index (χ0n) is 17.9. The zero-order chi connectivity index (χ0) is 24.1. The summed E-state index contributed by atoms with van der Waals surface area (Å²) >= 11 is 0. The normalized spacial score (nSPS) is 26.1. The predicted molar refractivity (Wildman–Crippen MR) is 115 cm³/mol. The van der Waals surface area contributed by atoms with Gasteiger partial charge in [0.05, 0.1) is 19.3 Å². The third-order valence-electron chi connectivity index (χ3n) is 6.06. The van der Waals surface area contributed by atoms with Gasteiger partial charge in [-0.25, -0.2) is 4.79 Å². The van der Waals surface area contributed by atoms with E-state index in [1.165, 1.54) is 19.2 Å². The maximum atomic E-state index is 11.9. The highest BCUT2D eigenvalue weighted by atomic mass is 16.7. The number of aliphatic hydroxyl groups is 4.